The molecule has 4 aliphatic carbocycles. The smallest absolute Gasteiger partial charge is 0.305 e. The molecular formula is C20H28O5. The molecule has 4 rings (SSSR count). The number of aliphatic hydroxyl groups excluding tert-OH is 2. The Morgan fingerprint density at radius 1 is 1.52 bits per heavy atom. The zero-order valence-electron chi connectivity index (χ0n) is 14.9. The monoisotopic (exact) mass is 348 g/mol. The molecule has 0 saturated heterocycles. The van der Waals surface area contributed by atoms with Gasteiger partial charge < -0.3 is 14.9 Å². The third kappa shape index (κ3) is 3.20. The summed E-state index contributed by atoms with van der Waals surface area (Å²) in [4.78, 5) is 24.7. The fraction of sp³-hybridized carbons (Fsp3) is 0.700. The SMILES string of the molecule is C=C1CC23C=CC(=O)[C@@](C)(CCC(=O)OCC(O)CO)C2CC1CC3. The van der Waals surface area contributed by atoms with E-state index in [0.717, 1.165) is 25.7 Å². The van der Waals surface area contributed by atoms with Crippen LogP contribution in [0.2, 0.25) is 0 Å². The van der Waals surface area contributed by atoms with Gasteiger partial charge in [-0.1, -0.05) is 25.2 Å². The summed E-state index contributed by atoms with van der Waals surface area (Å²) in [5, 5.41) is 18.0. The van der Waals surface area contributed by atoms with Crippen molar-refractivity contribution in [3.05, 3.63) is 24.3 Å². The van der Waals surface area contributed by atoms with E-state index in [9.17, 15) is 14.7 Å². The van der Waals surface area contributed by atoms with Crippen LogP contribution in [0.3, 0.4) is 0 Å². The highest BCUT2D eigenvalue weighted by atomic mass is 16.5. The fourth-order valence-electron chi connectivity index (χ4n) is 5.13. The second-order valence-electron chi connectivity index (χ2n) is 8.23. The van der Waals surface area contributed by atoms with E-state index in [4.69, 9.17) is 9.84 Å². The van der Waals surface area contributed by atoms with Crippen LogP contribution < -0.4 is 0 Å². The lowest BCUT2D eigenvalue weighted by molar-refractivity contribution is -0.150. The number of hydrogen-bond donors (Lipinski definition) is 2. The molecule has 4 unspecified atom stereocenters. The lowest BCUT2D eigenvalue weighted by Crippen LogP contribution is -2.54. The van der Waals surface area contributed by atoms with Gasteiger partial charge in [0.1, 0.15) is 12.7 Å². The van der Waals surface area contributed by atoms with Gasteiger partial charge in [-0.3, -0.25) is 9.59 Å². The van der Waals surface area contributed by atoms with Crippen LogP contribution in [-0.4, -0.2) is 41.3 Å². The normalized spacial score (nSPS) is 37.7. The zero-order valence-corrected chi connectivity index (χ0v) is 14.9. The first kappa shape index (κ1) is 18.3. The Morgan fingerprint density at radius 2 is 2.28 bits per heavy atom. The molecule has 2 N–H and O–H groups in total. The maximum Gasteiger partial charge on any atom is 0.305 e. The zero-order chi connectivity index (χ0) is 18.2. The molecule has 25 heavy (non-hydrogen) atoms. The van der Waals surface area contributed by atoms with Crippen molar-refractivity contribution in [1.82, 2.24) is 0 Å². The van der Waals surface area contributed by atoms with Crippen molar-refractivity contribution in [2.24, 2.45) is 22.7 Å². The molecule has 0 heterocycles. The van der Waals surface area contributed by atoms with Crippen LogP contribution in [0.15, 0.2) is 24.3 Å². The summed E-state index contributed by atoms with van der Waals surface area (Å²) in [5.74, 6) is 0.412. The molecule has 5 atom stereocenters. The van der Waals surface area contributed by atoms with Gasteiger partial charge in [-0.2, -0.15) is 0 Å². The summed E-state index contributed by atoms with van der Waals surface area (Å²) in [7, 11) is 0. The maximum atomic E-state index is 12.7. The van der Waals surface area contributed by atoms with Crippen LogP contribution in [0.5, 0.6) is 0 Å². The van der Waals surface area contributed by atoms with Crippen LogP contribution in [0.25, 0.3) is 0 Å². The molecule has 0 aromatic carbocycles. The number of fused-ring (bicyclic) bond motifs is 2. The minimum atomic E-state index is -1.05. The van der Waals surface area contributed by atoms with Gasteiger partial charge in [-0.25, -0.2) is 0 Å². The number of rotatable bonds is 6. The first-order valence-corrected chi connectivity index (χ1v) is 9.16. The van der Waals surface area contributed by atoms with Crippen molar-refractivity contribution in [2.45, 2.75) is 51.6 Å². The van der Waals surface area contributed by atoms with Crippen LogP contribution in [0, 0.1) is 22.7 Å². The highest BCUT2D eigenvalue weighted by Crippen LogP contribution is 2.64. The standard InChI is InChI=1S/C20H28O5/c1-13-10-20-7-3-14(13)9-16(20)19(2,17(23)4-8-20)6-5-18(24)25-12-15(22)11-21/h4,8,14-16,21-22H,1,3,5-7,9-12H2,2H3/t14?,15?,16?,19-,20?/m0/s1. The van der Waals surface area contributed by atoms with Crippen LogP contribution >= 0.6 is 0 Å². The topological polar surface area (TPSA) is 83.8 Å². The average molecular weight is 348 g/mol. The first-order valence-electron chi connectivity index (χ1n) is 9.16. The molecule has 1 spiro atoms. The molecular weight excluding hydrogens is 320 g/mol. The van der Waals surface area contributed by atoms with Crippen molar-refractivity contribution in [1.29, 1.82) is 0 Å². The quantitative estimate of drug-likeness (QED) is 0.568. The highest BCUT2D eigenvalue weighted by molar-refractivity contribution is 5.96. The van der Waals surface area contributed by atoms with E-state index in [1.54, 1.807) is 6.08 Å². The molecule has 4 aliphatic rings. The van der Waals surface area contributed by atoms with Crippen LogP contribution in [-0.2, 0) is 14.3 Å². The van der Waals surface area contributed by atoms with Crippen LogP contribution in [0.4, 0.5) is 0 Å². The molecule has 0 aromatic heterocycles. The molecule has 3 saturated carbocycles. The van der Waals surface area contributed by atoms with Gasteiger partial charge in [0, 0.05) is 11.8 Å². The molecule has 0 radical (unpaired) electrons. The minimum absolute atomic E-state index is 0.0193. The van der Waals surface area contributed by atoms with E-state index < -0.39 is 24.1 Å². The molecule has 0 amide bonds. The van der Waals surface area contributed by atoms with E-state index in [0.29, 0.717) is 12.3 Å². The number of ketones is 1. The summed E-state index contributed by atoms with van der Waals surface area (Å²) < 4.78 is 4.99. The lowest BCUT2D eigenvalue weighted by Gasteiger charge is -2.59. The summed E-state index contributed by atoms with van der Waals surface area (Å²) in [6.07, 6.45) is 7.54. The third-order valence-electron chi connectivity index (χ3n) is 6.70. The predicted molar refractivity (Wildman–Crippen MR) is 92.6 cm³/mol. The number of esters is 1. The Hall–Kier alpha value is -1.46. The van der Waals surface area contributed by atoms with Crippen molar-refractivity contribution in [2.75, 3.05) is 13.2 Å². The van der Waals surface area contributed by atoms with Gasteiger partial charge in [-0.05, 0) is 55.4 Å². The third-order valence-corrected chi connectivity index (χ3v) is 6.70. The highest BCUT2D eigenvalue weighted by Gasteiger charge is 2.58. The van der Waals surface area contributed by atoms with Crippen LogP contribution in [0.1, 0.15) is 45.4 Å². The largest absolute Gasteiger partial charge is 0.463 e. The molecule has 0 aromatic rings. The van der Waals surface area contributed by atoms with Crippen molar-refractivity contribution < 1.29 is 24.5 Å². The van der Waals surface area contributed by atoms with Gasteiger partial charge in [0.05, 0.1) is 6.61 Å². The van der Waals surface area contributed by atoms with Gasteiger partial charge in [0.15, 0.2) is 5.78 Å². The summed E-state index contributed by atoms with van der Waals surface area (Å²) in [5.41, 5.74) is 0.773. The summed E-state index contributed by atoms with van der Waals surface area (Å²) >= 11 is 0. The van der Waals surface area contributed by atoms with E-state index >= 15 is 0 Å². The van der Waals surface area contributed by atoms with E-state index in [2.05, 4.69) is 12.7 Å². The molecule has 5 nitrogen and oxygen atoms in total. The van der Waals surface area contributed by atoms with Crippen molar-refractivity contribution >= 4 is 11.8 Å². The summed E-state index contributed by atoms with van der Waals surface area (Å²) in [6, 6.07) is 0. The average Bonchev–Trinajstić information content (AvgIpc) is 2.61. The molecule has 5 heteroatoms. The minimum Gasteiger partial charge on any atom is -0.463 e. The van der Waals surface area contributed by atoms with Gasteiger partial charge in [0.2, 0.25) is 0 Å². The Balaban J connectivity index is 1.70. The Bertz CT molecular complexity index is 609. The number of hydrogen-bond acceptors (Lipinski definition) is 5. The number of aliphatic hydroxyl groups is 2. The molecule has 138 valence electrons. The maximum absolute atomic E-state index is 12.7. The van der Waals surface area contributed by atoms with Crippen molar-refractivity contribution in [3.63, 3.8) is 0 Å². The Kier molecular flexibility index (Phi) is 4.91. The second kappa shape index (κ2) is 6.69. The van der Waals surface area contributed by atoms with Crippen molar-refractivity contribution in [3.8, 4) is 0 Å². The summed E-state index contributed by atoms with van der Waals surface area (Å²) in [6.45, 7) is 5.57. The Labute approximate surface area is 148 Å². The number of carbonyl (C=O) groups is 2. The van der Waals surface area contributed by atoms with Gasteiger partial charge >= 0.3 is 5.97 Å². The Morgan fingerprint density at radius 3 is 2.96 bits per heavy atom. The lowest BCUT2D eigenvalue weighted by atomic mass is 9.44. The predicted octanol–water partition coefficient (Wildman–Crippen LogP) is 2.17. The number of allylic oxidation sites excluding steroid dienone is 3. The van der Waals surface area contributed by atoms with Gasteiger partial charge in [0.25, 0.3) is 0 Å². The van der Waals surface area contributed by atoms with Gasteiger partial charge in [-0.15, -0.1) is 0 Å². The van der Waals surface area contributed by atoms with E-state index in [-0.39, 0.29) is 30.1 Å². The molecule has 0 aliphatic heterocycles. The first-order chi connectivity index (χ1) is 11.8. The molecule has 3 fully saturated rings. The molecule has 2 bridgehead atoms. The van der Waals surface area contributed by atoms with E-state index in [1.165, 1.54) is 5.57 Å². The second-order valence-corrected chi connectivity index (χ2v) is 8.23. The fourth-order valence-corrected chi connectivity index (χ4v) is 5.13. The number of carbonyl (C=O) groups excluding carboxylic acids is 2. The van der Waals surface area contributed by atoms with E-state index in [1.807, 2.05) is 6.92 Å². The number of ether oxygens (including phenoxy) is 1.